The van der Waals surface area contributed by atoms with E-state index in [1.54, 1.807) is 0 Å². The minimum absolute atomic E-state index is 0.0268. The van der Waals surface area contributed by atoms with Crippen LogP contribution in [0.4, 0.5) is 4.39 Å². The van der Waals surface area contributed by atoms with Crippen molar-refractivity contribution in [2.45, 2.75) is 6.42 Å². The van der Waals surface area contributed by atoms with Gasteiger partial charge in [-0.05, 0) is 45.6 Å². The van der Waals surface area contributed by atoms with Crippen LogP contribution in [0.3, 0.4) is 0 Å². The predicted octanol–water partition coefficient (Wildman–Crippen LogP) is 4.73. The van der Waals surface area contributed by atoms with Crippen molar-refractivity contribution in [3.05, 3.63) is 55.4 Å². The fourth-order valence-electron chi connectivity index (χ4n) is 1.37. The van der Waals surface area contributed by atoms with E-state index >= 15 is 0 Å². The highest BCUT2D eigenvalue weighted by atomic mass is 79.9. The summed E-state index contributed by atoms with van der Waals surface area (Å²) in [5.41, 5.74) is 0.428. The standard InChI is InChI=1S/C12H7BrClFOS/c13-8-3-4-17-12(8)6-11(16)7-1-2-10(15)9(14)5-7/h1-5H,6H2. The molecule has 2 rings (SSSR count). The Bertz CT molecular complexity index is 567. The Labute approximate surface area is 115 Å². The number of Topliss-reactive ketones (excluding diaryl/α,β-unsaturated/α-hetero) is 1. The van der Waals surface area contributed by atoms with E-state index < -0.39 is 5.82 Å². The van der Waals surface area contributed by atoms with Gasteiger partial charge in [0.05, 0.1) is 5.02 Å². The average Bonchev–Trinajstić information content (AvgIpc) is 2.68. The highest BCUT2D eigenvalue weighted by Crippen LogP contribution is 2.25. The van der Waals surface area contributed by atoms with E-state index in [1.165, 1.54) is 29.5 Å². The maximum absolute atomic E-state index is 13.0. The molecule has 0 aliphatic heterocycles. The van der Waals surface area contributed by atoms with Crippen molar-refractivity contribution >= 4 is 44.7 Å². The lowest BCUT2D eigenvalue weighted by molar-refractivity contribution is 0.0993. The van der Waals surface area contributed by atoms with E-state index in [1.807, 2.05) is 11.4 Å². The van der Waals surface area contributed by atoms with Gasteiger partial charge in [0.25, 0.3) is 0 Å². The molecule has 0 N–H and O–H groups in total. The van der Waals surface area contributed by atoms with Gasteiger partial charge >= 0.3 is 0 Å². The van der Waals surface area contributed by atoms with Gasteiger partial charge in [-0.25, -0.2) is 4.39 Å². The third kappa shape index (κ3) is 2.94. The zero-order valence-electron chi connectivity index (χ0n) is 8.54. The predicted molar refractivity (Wildman–Crippen MR) is 71.5 cm³/mol. The monoisotopic (exact) mass is 332 g/mol. The summed E-state index contributed by atoms with van der Waals surface area (Å²) in [4.78, 5) is 12.9. The summed E-state index contributed by atoms with van der Waals surface area (Å²) in [6, 6.07) is 5.91. The number of benzene rings is 1. The number of ketones is 1. The molecule has 0 amide bonds. The van der Waals surface area contributed by atoms with E-state index in [-0.39, 0.29) is 10.8 Å². The molecule has 5 heteroatoms. The van der Waals surface area contributed by atoms with E-state index in [0.29, 0.717) is 12.0 Å². The molecule has 88 valence electrons. The molecular formula is C12H7BrClFOS. The van der Waals surface area contributed by atoms with Crippen LogP contribution in [0.15, 0.2) is 34.1 Å². The quantitative estimate of drug-likeness (QED) is 0.742. The van der Waals surface area contributed by atoms with E-state index in [0.717, 1.165) is 9.35 Å². The Balaban J connectivity index is 2.20. The van der Waals surface area contributed by atoms with E-state index in [9.17, 15) is 9.18 Å². The van der Waals surface area contributed by atoms with Crippen LogP contribution in [0.5, 0.6) is 0 Å². The van der Waals surface area contributed by atoms with Gasteiger partial charge in [-0.3, -0.25) is 4.79 Å². The topological polar surface area (TPSA) is 17.1 Å². The van der Waals surface area contributed by atoms with Crippen molar-refractivity contribution in [3.8, 4) is 0 Å². The summed E-state index contributed by atoms with van der Waals surface area (Å²) in [5.74, 6) is -0.587. The Hall–Kier alpha value is -0.710. The molecular weight excluding hydrogens is 327 g/mol. The van der Waals surface area contributed by atoms with Crippen molar-refractivity contribution in [1.82, 2.24) is 0 Å². The molecule has 0 aliphatic rings. The molecule has 0 saturated carbocycles. The fourth-order valence-corrected chi connectivity index (χ4v) is 3.04. The van der Waals surface area contributed by atoms with Crippen molar-refractivity contribution < 1.29 is 9.18 Å². The number of rotatable bonds is 3. The molecule has 0 fully saturated rings. The molecule has 0 radical (unpaired) electrons. The molecule has 17 heavy (non-hydrogen) atoms. The van der Waals surface area contributed by atoms with Crippen LogP contribution in [-0.2, 0) is 6.42 Å². The third-order valence-electron chi connectivity index (χ3n) is 2.25. The zero-order chi connectivity index (χ0) is 12.4. The first-order chi connectivity index (χ1) is 8.08. The minimum atomic E-state index is -0.513. The molecule has 0 spiro atoms. The Kier molecular flexibility index (Phi) is 3.97. The highest BCUT2D eigenvalue weighted by molar-refractivity contribution is 9.10. The summed E-state index contributed by atoms with van der Waals surface area (Å²) < 4.78 is 13.9. The number of hydrogen-bond acceptors (Lipinski definition) is 2. The lowest BCUT2D eigenvalue weighted by atomic mass is 10.1. The zero-order valence-corrected chi connectivity index (χ0v) is 11.7. The van der Waals surface area contributed by atoms with Crippen molar-refractivity contribution in [2.24, 2.45) is 0 Å². The number of thiophene rings is 1. The normalized spacial score (nSPS) is 10.5. The molecule has 2 aromatic rings. The van der Waals surface area contributed by atoms with Crippen LogP contribution in [0.1, 0.15) is 15.2 Å². The second-order valence-electron chi connectivity index (χ2n) is 3.42. The number of hydrogen-bond donors (Lipinski definition) is 0. The van der Waals surface area contributed by atoms with Crippen molar-refractivity contribution in [3.63, 3.8) is 0 Å². The number of halogens is 3. The summed E-state index contributed by atoms with van der Waals surface area (Å²) in [6.45, 7) is 0. The number of carbonyl (C=O) groups is 1. The second-order valence-corrected chi connectivity index (χ2v) is 5.68. The summed E-state index contributed by atoms with van der Waals surface area (Å²) in [6.07, 6.45) is 0.292. The summed E-state index contributed by atoms with van der Waals surface area (Å²) in [7, 11) is 0. The molecule has 1 aromatic heterocycles. The van der Waals surface area contributed by atoms with Gasteiger partial charge in [-0.1, -0.05) is 11.6 Å². The van der Waals surface area contributed by atoms with E-state index in [2.05, 4.69) is 15.9 Å². The van der Waals surface area contributed by atoms with Crippen LogP contribution in [0.25, 0.3) is 0 Å². The van der Waals surface area contributed by atoms with Crippen LogP contribution in [0.2, 0.25) is 5.02 Å². The fraction of sp³-hybridized carbons (Fsp3) is 0.0833. The molecule has 0 aliphatic carbocycles. The Morgan fingerprint density at radius 1 is 1.41 bits per heavy atom. The van der Waals surface area contributed by atoms with Gasteiger partial charge in [0.15, 0.2) is 5.78 Å². The van der Waals surface area contributed by atoms with Gasteiger partial charge in [-0.2, -0.15) is 0 Å². The van der Waals surface area contributed by atoms with Gasteiger partial charge < -0.3 is 0 Å². The maximum Gasteiger partial charge on any atom is 0.168 e. The summed E-state index contributed by atoms with van der Waals surface area (Å²) in [5, 5.41) is 1.88. The lowest BCUT2D eigenvalue weighted by Crippen LogP contribution is -2.02. The average molecular weight is 334 g/mol. The van der Waals surface area contributed by atoms with Crippen molar-refractivity contribution in [2.75, 3.05) is 0 Å². The Morgan fingerprint density at radius 3 is 2.76 bits per heavy atom. The van der Waals surface area contributed by atoms with Gasteiger partial charge in [0, 0.05) is 21.3 Å². The largest absolute Gasteiger partial charge is 0.294 e. The molecule has 0 bridgehead atoms. The first-order valence-electron chi connectivity index (χ1n) is 4.78. The maximum atomic E-state index is 13.0. The molecule has 0 saturated heterocycles. The van der Waals surface area contributed by atoms with Gasteiger partial charge in [0.2, 0.25) is 0 Å². The lowest BCUT2D eigenvalue weighted by Gasteiger charge is -2.01. The third-order valence-corrected chi connectivity index (χ3v) is 4.47. The van der Waals surface area contributed by atoms with Crippen molar-refractivity contribution in [1.29, 1.82) is 0 Å². The van der Waals surface area contributed by atoms with Gasteiger partial charge in [0.1, 0.15) is 5.82 Å². The Morgan fingerprint density at radius 2 is 2.18 bits per heavy atom. The first kappa shape index (κ1) is 12.7. The second kappa shape index (κ2) is 5.29. The molecule has 0 unspecified atom stereocenters. The van der Waals surface area contributed by atoms with Crippen LogP contribution >= 0.6 is 38.9 Å². The van der Waals surface area contributed by atoms with Gasteiger partial charge in [-0.15, -0.1) is 11.3 Å². The molecule has 1 aromatic carbocycles. The summed E-state index contributed by atoms with van der Waals surface area (Å²) >= 11 is 10.5. The van der Waals surface area contributed by atoms with Crippen LogP contribution < -0.4 is 0 Å². The van der Waals surface area contributed by atoms with Crippen LogP contribution in [0, 0.1) is 5.82 Å². The molecule has 1 heterocycles. The number of carbonyl (C=O) groups excluding carboxylic acids is 1. The molecule has 1 nitrogen and oxygen atoms in total. The molecule has 0 atom stereocenters. The van der Waals surface area contributed by atoms with E-state index in [4.69, 9.17) is 11.6 Å². The van der Waals surface area contributed by atoms with Crippen LogP contribution in [-0.4, -0.2) is 5.78 Å². The first-order valence-corrected chi connectivity index (χ1v) is 6.83. The minimum Gasteiger partial charge on any atom is -0.294 e. The SMILES string of the molecule is O=C(Cc1sccc1Br)c1ccc(F)c(Cl)c1. The highest BCUT2D eigenvalue weighted by Gasteiger charge is 2.12. The smallest absolute Gasteiger partial charge is 0.168 e.